The predicted molar refractivity (Wildman–Crippen MR) is 86.9 cm³/mol. The number of nitrogens with zero attached hydrogens (tertiary/aromatic N) is 1. The Labute approximate surface area is 140 Å². The highest BCUT2D eigenvalue weighted by Crippen LogP contribution is 2.07. The van der Waals surface area contributed by atoms with Crippen molar-refractivity contribution in [2.45, 2.75) is 46.1 Å². The molecule has 0 aromatic carbocycles. The van der Waals surface area contributed by atoms with Crippen molar-refractivity contribution < 1.29 is 24.3 Å². The Morgan fingerprint density at radius 2 is 1.88 bits per heavy atom. The third kappa shape index (κ3) is 6.31. The summed E-state index contributed by atoms with van der Waals surface area (Å²) in [6, 6.07) is 1.27. The number of unbranched alkanes of at least 4 members (excludes halogenated alkanes) is 2. The van der Waals surface area contributed by atoms with E-state index in [1.54, 1.807) is 0 Å². The molecule has 134 valence electrons. The number of hydrogen-bond donors (Lipinski definition) is 2. The number of carboxylic acids is 1. The smallest absolute Gasteiger partial charge is 0.394 e. The van der Waals surface area contributed by atoms with Crippen molar-refractivity contribution >= 4 is 11.9 Å². The first-order valence-corrected chi connectivity index (χ1v) is 8.02. The molecule has 0 atom stereocenters. The molecule has 2 N–H and O–H groups in total. The molecule has 0 aliphatic heterocycles. The third-order valence-corrected chi connectivity index (χ3v) is 3.17. The van der Waals surface area contributed by atoms with Gasteiger partial charge in [-0.3, -0.25) is 9.59 Å². The summed E-state index contributed by atoms with van der Waals surface area (Å²) in [4.78, 5) is 39.3. The second kappa shape index (κ2) is 10.3. The van der Waals surface area contributed by atoms with Crippen molar-refractivity contribution in [3.63, 3.8) is 0 Å². The number of aliphatic carboxylic acids is 1. The fourth-order valence-electron chi connectivity index (χ4n) is 1.78. The van der Waals surface area contributed by atoms with Crippen LogP contribution in [0.25, 0.3) is 0 Å². The Kier molecular flexibility index (Phi) is 8.38. The summed E-state index contributed by atoms with van der Waals surface area (Å²) in [5, 5.41) is 10.8. The molecule has 1 aromatic rings. The largest absolute Gasteiger partial charge is 0.488 e. The maximum atomic E-state index is 12.1. The molecule has 0 radical (unpaired) electrons. The molecule has 8 nitrogen and oxygen atoms in total. The van der Waals surface area contributed by atoms with Crippen molar-refractivity contribution in [1.29, 1.82) is 0 Å². The lowest BCUT2D eigenvalue weighted by molar-refractivity contribution is -0.150. The summed E-state index contributed by atoms with van der Waals surface area (Å²) in [6.07, 6.45) is 4.95. The van der Waals surface area contributed by atoms with Gasteiger partial charge < -0.3 is 20.0 Å². The predicted octanol–water partition coefficient (Wildman–Crippen LogP) is 0.957. The Hall–Kier alpha value is -2.51. The number of nitrogens with one attached hydrogen (secondary N) is 1. The van der Waals surface area contributed by atoms with E-state index in [0.717, 1.165) is 25.7 Å². The minimum Gasteiger partial charge on any atom is -0.488 e. The number of ether oxygens (including phenoxy) is 1. The third-order valence-electron chi connectivity index (χ3n) is 3.17. The molecular formula is C16H24N2O6. The molecule has 1 amide bonds. The van der Waals surface area contributed by atoms with Crippen molar-refractivity contribution in [2.75, 3.05) is 13.2 Å². The van der Waals surface area contributed by atoms with Crippen molar-refractivity contribution in [3.05, 3.63) is 28.2 Å². The average Bonchev–Trinajstić information content (AvgIpc) is 2.55. The van der Waals surface area contributed by atoms with Gasteiger partial charge in [-0.15, -0.1) is 0 Å². The molecule has 0 aliphatic rings. The average molecular weight is 340 g/mol. The molecular weight excluding hydrogens is 316 g/mol. The number of carbonyl (C=O) groups is 2. The van der Waals surface area contributed by atoms with Crippen molar-refractivity contribution in [3.8, 4) is 5.75 Å². The van der Waals surface area contributed by atoms with Crippen LogP contribution in [-0.2, 0) is 16.1 Å². The molecule has 1 aromatic heterocycles. The number of hydrogen-bond acceptors (Lipinski definition) is 5. The first kappa shape index (κ1) is 19.5. The Morgan fingerprint density at radius 1 is 1.21 bits per heavy atom. The van der Waals surface area contributed by atoms with Gasteiger partial charge in [0.1, 0.15) is 6.61 Å². The quantitative estimate of drug-likeness (QED) is 0.485. The summed E-state index contributed by atoms with van der Waals surface area (Å²) >= 11 is 0. The monoisotopic (exact) mass is 340 g/mol. The van der Waals surface area contributed by atoms with E-state index in [9.17, 15) is 14.4 Å². The zero-order valence-corrected chi connectivity index (χ0v) is 14.0. The topological polar surface area (TPSA) is 107 Å². The molecule has 1 heterocycles. The summed E-state index contributed by atoms with van der Waals surface area (Å²) < 4.78 is 6.80. The highest BCUT2D eigenvalue weighted by molar-refractivity contribution is 6.31. The second-order valence-electron chi connectivity index (χ2n) is 5.20. The summed E-state index contributed by atoms with van der Waals surface area (Å²) in [6.45, 7) is 4.75. The number of amides is 1. The minimum atomic E-state index is -1.59. The van der Waals surface area contributed by atoms with E-state index in [1.807, 2.05) is 13.8 Å². The van der Waals surface area contributed by atoms with Gasteiger partial charge in [0.25, 0.3) is 0 Å². The van der Waals surface area contributed by atoms with Crippen LogP contribution in [0.2, 0.25) is 0 Å². The van der Waals surface area contributed by atoms with E-state index in [4.69, 9.17) is 14.7 Å². The van der Waals surface area contributed by atoms with Crippen LogP contribution in [-0.4, -0.2) is 34.9 Å². The van der Waals surface area contributed by atoms with E-state index in [1.165, 1.54) is 17.0 Å². The van der Waals surface area contributed by atoms with Crippen LogP contribution >= 0.6 is 0 Å². The van der Waals surface area contributed by atoms with Gasteiger partial charge in [-0.25, -0.2) is 4.79 Å². The van der Waals surface area contributed by atoms with Crippen LogP contribution in [0.3, 0.4) is 0 Å². The molecule has 0 spiro atoms. The van der Waals surface area contributed by atoms with Gasteiger partial charge in [-0.2, -0.15) is 4.73 Å². The Balaban J connectivity index is 2.92. The molecule has 8 heteroatoms. The minimum absolute atomic E-state index is 0.137. The van der Waals surface area contributed by atoms with Gasteiger partial charge in [0, 0.05) is 6.07 Å². The number of pyridine rings is 1. The van der Waals surface area contributed by atoms with Crippen LogP contribution in [0, 0.1) is 0 Å². The molecule has 24 heavy (non-hydrogen) atoms. The highest BCUT2D eigenvalue weighted by Gasteiger charge is 2.14. The van der Waals surface area contributed by atoms with Crippen LogP contribution in [0.4, 0.5) is 0 Å². The molecule has 0 bridgehead atoms. The van der Waals surface area contributed by atoms with Gasteiger partial charge in [0.05, 0.1) is 25.0 Å². The van der Waals surface area contributed by atoms with Gasteiger partial charge in [-0.05, 0) is 12.8 Å². The molecule has 0 aliphatic carbocycles. The maximum Gasteiger partial charge on any atom is 0.394 e. The second-order valence-corrected chi connectivity index (χ2v) is 5.20. The lowest BCUT2D eigenvalue weighted by Gasteiger charge is -2.16. The maximum absolute atomic E-state index is 12.1. The number of carboxylic acid groups (broad SMARTS) is 1. The fourth-order valence-corrected chi connectivity index (χ4v) is 1.78. The van der Waals surface area contributed by atoms with Crippen LogP contribution in [0.5, 0.6) is 5.75 Å². The van der Waals surface area contributed by atoms with E-state index in [2.05, 4.69) is 5.32 Å². The fraction of sp³-hybridized carbons (Fsp3) is 0.562. The highest BCUT2D eigenvalue weighted by atomic mass is 16.7. The van der Waals surface area contributed by atoms with Crippen molar-refractivity contribution in [2.24, 2.45) is 0 Å². The zero-order chi connectivity index (χ0) is 17.9. The lowest BCUT2D eigenvalue weighted by Crippen LogP contribution is -2.33. The first-order chi connectivity index (χ1) is 11.5. The van der Waals surface area contributed by atoms with Crippen LogP contribution in [0.15, 0.2) is 17.1 Å². The van der Waals surface area contributed by atoms with Crippen LogP contribution < -0.4 is 20.3 Å². The lowest BCUT2D eigenvalue weighted by atomic mass is 10.3. The normalized spacial score (nSPS) is 10.2. The van der Waals surface area contributed by atoms with E-state index in [-0.39, 0.29) is 17.7 Å². The van der Waals surface area contributed by atoms with Gasteiger partial charge in [-0.1, -0.05) is 26.7 Å². The standard InChI is InChI=1S/C16H24N2O6/c1-3-5-7-23-14-11-18(24-8-6-4-2)12(9-13(14)19)10-17-15(20)16(21)22/h9,11H,3-8,10H2,1-2H3,(H,17,20)(H,21,22). The van der Waals surface area contributed by atoms with E-state index in [0.29, 0.717) is 18.9 Å². The molecule has 0 fully saturated rings. The summed E-state index contributed by atoms with van der Waals surface area (Å²) in [7, 11) is 0. The number of carbonyl (C=O) groups excluding carboxylic acids is 1. The number of aromatic nitrogens is 1. The first-order valence-electron chi connectivity index (χ1n) is 8.02. The number of rotatable bonds is 10. The van der Waals surface area contributed by atoms with Gasteiger partial charge in [0.15, 0.2) is 5.75 Å². The Bertz CT molecular complexity index is 611. The van der Waals surface area contributed by atoms with Gasteiger partial charge >= 0.3 is 11.9 Å². The molecule has 1 rings (SSSR count). The zero-order valence-electron chi connectivity index (χ0n) is 14.0. The summed E-state index contributed by atoms with van der Waals surface area (Å²) in [5.74, 6) is -2.57. The SMILES string of the molecule is CCCCOc1cn(OCCCC)c(CNC(=O)C(=O)O)cc1=O. The molecule has 0 saturated carbocycles. The van der Waals surface area contributed by atoms with E-state index < -0.39 is 11.9 Å². The summed E-state index contributed by atoms with van der Waals surface area (Å²) in [5.41, 5.74) is -0.00503. The van der Waals surface area contributed by atoms with Gasteiger partial charge in [0.2, 0.25) is 5.43 Å². The molecule has 0 unspecified atom stereocenters. The molecule has 0 saturated heterocycles. The van der Waals surface area contributed by atoms with Crippen LogP contribution in [0.1, 0.15) is 45.2 Å². The van der Waals surface area contributed by atoms with E-state index >= 15 is 0 Å². The van der Waals surface area contributed by atoms with Crippen molar-refractivity contribution in [1.82, 2.24) is 10.0 Å². The Morgan fingerprint density at radius 3 is 2.50 bits per heavy atom.